The molecule has 5 nitrogen and oxygen atoms in total. The number of nitrogens with zero attached hydrogens (tertiary/aromatic N) is 2. The highest BCUT2D eigenvalue weighted by Gasteiger charge is 2.22. The van der Waals surface area contributed by atoms with E-state index < -0.39 is 0 Å². The Morgan fingerprint density at radius 3 is 2.72 bits per heavy atom. The summed E-state index contributed by atoms with van der Waals surface area (Å²) in [5.41, 5.74) is 1.06. The quantitative estimate of drug-likeness (QED) is 0.785. The van der Waals surface area contributed by atoms with Gasteiger partial charge < -0.3 is 14.5 Å². The molecule has 1 fully saturated rings. The van der Waals surface area contributed by atoms with Gasteiger partial charge in [-0.1, -0.05) is 0 Å². The Bertz CT molecular complexity index is 425. The second-order valence-corrected chi connectivity index (χ2v) is 4.94. The van der Waals surface area contributed by atoms with Crippen LogP contribution in [-0.2, 0) is 4.74 Å². The number of ether oxygens (including phenoxy) is 1. The molecule has 1 amide bonds. The van der Waals surface area contributed by atoms with Crippen molar-refractivity contribution in [3.05, 3.63) is 16.3 Å². The Hall–Kier alpha value is -1.56. The summed E-state index contributed by atoms with van der Waals surface area (Å²) >= 11 is 1.44. The number of aldehydes is 1. The van der Waals surface area contributed by atoms with Gasteiger partial charge in [-0.05, 0) is 13.0 Å². The highest BCUT2D eigenvalue weighted by molar-refractivity contribution is 7.12. The van der Waals surface area contributed by atoms with Crippen LogP contribution in [0.4, 0.5) is 10.5 Å². The second-order valence-electron chi connectivity index (χ2n) is 4.00. The van der Waals surface area contributed by atoms with E-state index in [1.807, 2.05) is 11.4 Å². The van der Waals surface area contributed by atoms with E-state index in [9.17, 15) is 9.59 Å². The maximum absolute atomic E-state index is 11.5. The smallest absolute Gasteiger partial charge is 0.409 e. The summed E-state index contributed by atoms with van der Waals surface area (Å²) in [5, 5.41) is 1.98. The minimum absolute atomic E-state index is 0.240. The van der Waals surface area contributed by atoms with Crippen molar-refractivity contribution in [3.63, 3.8) is 0 Å². The number of rotatable bonds is 3. The van der Waals surface area contributed by atoms with E-state index in [-0.39, 0.29) is 6.09 Å². The molecular weight excluding hydrogens is 252 g/mol. The SMILES string of the molecule is CCOC(=O)N1CCN(c2csc(C=O)c2)CC1. The Kier molecular flexibility index (Phi) is 4.19. The summed E-state index contributed by atoms with van der Waals surface area (Å²) in [6, 6.07) is 1.89. The van der Waals surface area contributed by atoms with Gasteiger partial charge in [-0.2, -0.15) is 0 Å². The molecule has 0 saturated carbocycles. The van der Waals surface area contributed by atoms with Crippen LogP contribution in [0, 0.1) is 0 Å². The number of piperazine rings is 1. The van der Waals surface area contributed by atoms with Gasteiger partial charge in [0.25, 0.3) is 0 Å². The van der Waals surface area contributed by atoms with E-state index in [4.69, 9.17) is 4.74 Å². The lowest BCUT2D eigenvalue weighted by atomic mass is 10.3. The number of thiophene rings is 1. The predicted molar refractivity (Wildman–Crippen MR) is 70.5 cm³/mol. The molecule has 0 aromatic carbocycles. The average molecular weight is 268 g/mol. The van der Waals surface area contributed by atoms with E-state index in [1.165, 1.54) is 11.3 Å². The first-order valence-electron chi connectivity index (χ1n) is 5.95. The summed E-state index contributed by atoms with van der Waals surface area (Å²) in [4.78, 5) is 26.8. The Labute approximate surface area is 110 Å². The normalized spacial score (nSPS) is 15.6. The van der Waals surface area contributed by atoms with Gasteiger partial charge in [0.05, 0.1) is 11.5 Å². The van der Waals surface area contributed by atoms with Gasteiger partial charge in [0.2, 0.25) is 0 Å². The fourth-order valence-electron chi connectivity index (χ4n) is 1.93. The summed E-state index contributed by atoms with van der Waals surface area (Å²) in [6.07, 6.45) is 0.624. The molecule has 0 radical (unpaired) electrons. The lowest BCUT2D eigenvalue weighted by Gasteiger charge is -2.34. The molecule has 1 aliphatic rings. The van der Waals surface area contributed by atoms with Crippen LogP contribution in [0.5, 0.6) is 0 Å². The molecule has 0 unspecified atom stereocenters. The summed E-state index contributed by atoms with van der Waals surface area (Å²) in [7, 11) is 0. The zero-order valence-electron chi connectivity index (χ0n) is 10.3. The van der Waals surface area contributed by atoms with Crippen molar-refractivity contribution >= 4 is 29.4 Å². The molecule has 0 N–H and O–H groups in total. The standard InChI is InChI=1S/C12H16N2O3S/c1-2-17-12(16)14-5-3-13(4-6-14)10-7-11(8-15)18-9-10/h7-9H,2-6H2,1H3. The van der Waals surface area contributed by atoms with E-state index in [0.717, 1.165) is 29.9 Å². The molecule has 6 heteroatoms. The van der Waals surface area contributed by atoms with Crippen LogP contribution in [0.1, 0.15) is 16.6 Å². The lowest BCUT2D eigenvalue weighted by molar-refractivity contribution is 0.105. The molecule has 0 spiro atoms. The van der Waals surface area contributed by atoms with Crippen LogP contribution in [0.2, 0.25) is 0 Å². The number of anilines is 1. The van der Waals surface area contributed by atoms with Crippen LogP contribution in [0.25, 0.3) is 0 Å². The van der Waals surface area contributed by atoms with Crippen molar-refractivity contribution in [2.75, 3.05) is 37.7 Å². The molecule has 0 bridgehead atoms. The Morgan fingerprint density at radius 2 is 2.17 bits per heavy atom. The largest absolute Gasteiger partial charge is 0.450 e. The van der Waals surface area contributed by atoms with E-state index >= 15 is 0 Å². The molecule has 2 heterocycles. The van der Waals surface area contributed by atoms with E-state index in [0.29, 0.717) is 19.7 Å². The van der Waals surface area contributed by atoms with Gasteiger partial charge >= 0.3 is 6.09 Å². The number of carbonyl (C=O) groups excluding carboxylic acids is 2. The number of carbonyl (C=O) groups is 2. The zero-order valence-corrected chi connectivity index (χ0v) is 11.1. The monoisotopic (exact) mass is 268 g/mol. The topological polar surface area (TPSA) is 49.9 Å². The zero-order chi connectivity index (χ0) is 13.0. The minimum atomic E-state index is -0.240. The Balaban J connectivity index is 1.90. The van der Waals surface area contributed by atoms with Crippen LogP contribution in [0.15, 0.2) is 11.4 Å². The fourth-order valence-corrected chi connectivity index (χ4v) is 2.65. The maximum Gasteiger partial charge on any atom is 0.409 e. The summed E-state index contributed by atoms with van der Waals surface area (Å²) < 4.78 is 4.97. The molecular formula is C12H16N2O3S. The first kappa shape index (κ1) is 12.9. The molecule has 2 rings (SSSR count). The van der Waals surface area contributed by atoms with Crippen molar-refractivity contribution in [3.8, 4) is 0 Å². The number of hydrogen-bond acceptors (Lipinski definition) is 5. The fraction of sp³-hybridized carbons (Fsp3) is 0.500. The van der Waals surface area contributed by atoms with Gasteiger partial charge in [0, 0.05) is 37.2 Å². The van der Waals surface area contributed by atoms with Gasteiger partial charge in [-0.3, -0.25) is 4.79 Å². The third kappa shape index (κ3) is 2.81. The van der Waals surface area contributed by atoms with Crippen LogP contribution in [-0.4, -0.2) is 50.1 Å². The lowest BCUT2D eigenvalue weighted by Crippen LogP contribution is -2.48. The average Bonchev–Trinajstić information content (AvgIpc) is 2.88. The van der Waals surface area contributed by atoms with Crippen molar-refractivity contribution in [1.82, 2.24) is 4.90 Å². The molecule has 0 atom stereocenters. The van der Waals surface area contributed by atoms with E-state index in [1.54, 1.807) is 11.8 Å². The number of hydrogen-bond donors (Lipinski definition) is 0. The first-order chi connectivity index (χ1) is 8.74. The molecule has 0 aliphatic carbocycles. The van der Waals surface area contributed by atoms with E-state index in [2.05, 4.69) is 4.90 Å². The molecule has 1 aromatic rings. The highest BCUT2D eigenvalue weighted by atomic mass is 32.1. The van der Waals surface area contributed by atoms with Gasteiger partial charge in [0.15, 0.2) is 6.29 Å². The van der Waals surface area contributed by atoms with Crippen molar-refractivity contribution < 1.29 is 14.3 Å². The maximum atomic E-state index is 11.5. The van der Waals surface area contributed by atoms with Crippen molar-refractivity contribution in [1.29, 1.82) is 0 Å². The molecule has 1 saturated heterocycles. The van der Waals surface area contributed by atoms with Crippen LogP contribution < -0.4 is 4.90 Å². The Morgan fingerprint density at radius 1 is 1.44 bits per heavy atom. The number of amides is 1. The second kappa shape index (κ2) is 5.86. The summed E-state index contributed by atoms with van der Waals surface area (Å²) in [5.74, 6) is 0. The molecule has 1 aromatic heterocycles. The summed E-state index contributed by atoms with van der Waals surface area (Å²) in [6.45, 7) is 5.07. The van der Waals surface area contributed by atoms with Gasteiger partial charge in [0.1, 0.15) is 0 Å². The third-order valence-electron chi connectivity index (χ3n) is 2.89. The highest BCUT2D eigenvalue weighted by Crippen LogP contribution is 2.23. The van der Waals surface area contributed by atoms with Crippen molar-refractivity contribution in [2.24, 2.45) is 0 Å². The van der Waals surface area contributed by atoms with Gasteiger partial charge in [-0.25, -0.2) is 4.79 Å². The third-order valence-corrected chi connectivity index (χ3v) is 3.74. The minimum Gasteiger partial charge on any atom is -0.450 e. The molecule has 98 valence electrons. The van der Waals surface area contributed by atoms with Crippen molar-refractivity contribution in [2.45, 2.75) is 6.92 Å². The molecule has 18 heavy (non-hydrogen) atoms. The van der Waals surface area contributed by atoms with Crippen LogP contribution in [0.3, 0.4) is 0 Å². The predicted octanol–water partition coefficient (Wildman–Crippen LogP) is 1.84. The van der Waals surface area contributed by atoms with Gasteiger partial charge in [-0.15, -0.1) is 11.3 Å². The molecule has 1 aliphatic heterocycles. The first-order valence-corrected chi connectivity index (χ1v) is 6.83. The van der Waals surface area contributed by atoms with Crippen LogP contribution >= 0.6 is 11.3 Å².